The van der Waals surface area contributed by atoms with Crippen LogP contribution in [0.3, 0.4) is 0 Å². The molecule has 0 radical (unpaired) electrons. The van der Waals surface area contributed by atoms with Crippen molar-refractivity contribution in [2.45, 2.75) is 19.4 Å². The minimum atomic E-state index is -0.746. The van der Waals surface area contributed by atoms with Crippen LogP contribution in [0.5, 0.6) is 5.75 Å². The minimum absolute atomic E-state index is 0.115. The Morgan fingerprint density at radius 1 is 1.22 bits per heavy atom. The van der Waals surface area contributed by atoms with Crippen molar-refractivity contribution in [2.75, 3.05) is 11.9 Å². The Hall–Kier alpha value is -4.08. The van der Waals surface area contributed by atoms with Crippen LogP contribution in [-0.2, 0) is 23.6 Å². The highest BCUT2D eigenvalue weighted by Gasteiger charge is 2.21. The number of ether oxygens (including phenoxy) is 1. The first-order valence-electron chi connectivity index (χ1n) is 9.99. The Bertz CT molecular complexity index is 1180. The summed E-state index contributed by atoms with van der Waals surface area (Å²) in [6.07, 6.45) is 4.84. The Morgan fingerprint density at radius 2 is 2.00 bits per heavy atom. The van der Waals surface area contributed by atoms with E-state index in [2.05, 4.69) is 15.7 Å². The summed E-state index contributed by atoms with van der Waals surface area (Å²) in [5, 5.41) is 19.2. The number of benzene rings is 1. The van der Waals surface area contributed by atoms with E-state index in [1.165, 1.54) is 23.9 Å². The molecule has 0 aliphatic rings. The van der Waals surface area contributed by atoms with E-state index in [9.17, 15) is 19.5 Å². The maximum absolute atomic E-state index is 12.7. The highest BCUT2D eigenvalue weighted by molar-refractivity contribution is 5.91. The van der Waals surface area contributed by atoms with Crippen LogP contribution < -0.4 is 16.2 Å². The van der Waals surface area contributed by atoms with Gasteiger partial charge in [0.05, 0.1) is 25.3 Å². The summed E-state index contributed by atoms with van der Waals surface area (Å²) in [5.74, 6) is -0.841. The van der Waals surface area contributed by atoms with Gasteiger partial charge in [0, 0.05) is 32.1 Å². The second kappa shape index (κ2) is 9.82. The maximum atomic E-state index is 12.7. The molecule has 3 N–H and O–H groups in total. The largest absolute Gasteiger partial charge is 0.505 e. The van der Waals surface area contributed by atoms with Gasteiger partial charge < -0.3 is 25.0 Å². The summed E-state index contributed by atoms with van der Waals surface area (Å²) >= 11 is 0. The minimum Gasteiger partial charge on any atom is -0.505 e. The fraction of sp³-hybridized carbons (Fsp3) is 0.273. The summed E-state index contributed by atoms with van der Waals surface area (Å²) in [5.41, 5.74) is 1.58. The average molecular weight is 439 g/mol. The van der Waals surface area contributed by atoms with Gasteiger partial charge >= 0.3 is 12.0 Å². The Balaban J connectivity index is 1.87. The number of esters is 1. The number of carbonyl (C=O) groups excluding carboxylic acids is 2. The van der Waals surface area contributed by atoms with Gasteiger partial charge in [-0.05, 0) is 30.2 Å². The third kappa shape index (κ3) is 5.34. The summed E-state index contributed by atoms with van der Waals surface area (Å²) in [6.45, 7) is 1.91. The number of anilines is 1. The van der Waals surface area contributed by atoms with E-state index in [0.717, 1.165) is 11.1 Å². The van der Waals surface area contributed by atoms with Crippen LogP contribution in [0.1, 0.15) is 24.9 Å². The van der Waals surface area contributed by atoms with Gasteiger partial charge in [-0.15, -0.1) is 0 Å². The van der Waals surface area contributed by atoms with E-state index in [1.54, 1.807) is 23.9 Å². The molecule has 2 amide bonds. The molecule has 0 unspecified atom stereocenters. The molecule has 2 heterocycles. The van der Waals surface area contributed by atoms with Crippen molar-refractivity contribution >= 4 is 17.7 Å². The highest BCUT2D eigenvalue weighted by atomic mass is 16.5. The van der Waals surface area contributed by atoms with Crippen LogP contribution in [0.2, 0.25) is 0 Å². The number of aromatic hydroxyl groups is 1. The number of nitrogens with zero attached hydrogens (tertiary/aromatic N) is 3. The van der Waals surface area contributed by atoms with Gasteiger partial charge in [-0.2, -0.15) is 5.10 Å². The molecule has 32 heavy (non-hydrogen) atoms. The molecule has 3 aromatic rings. The monoisotopic (exact) mass is 439 g/mol. The van der Waals surface area contributed by atoms with E-state index in [-0.39, 0.29) is 24.5 Å². The molecule has 0 aliphatic heterocycles. The van der Waals surface area contributed by atoms with Gasteiger partial charge in [0.25, 0.3) is 5.56 Å². The molecule has 0 saturated carbocycles. The van der Waals surface area contributed by atoms with E-state index in [1.807, 2.05) is 31.4 Å². The van der Waals surface area contributed by atoms with E-state index >= 15 is 0 Å². The second-order valence-electron chi connectivity index (χ2n) is 7.18. The molecule has 0 aliphatic carbocycles. The molecule has 0 bridgehead atoms. The summed E-state index contributed by atoms with van der Waals surface area (Å²) in [4.78, 5) is 37.1. The topological polar surface area (TPSA) is 127 Å². The predicted octanol–water partition coefficient (Wildman–Crippen LogP) is 2.31. The number of pyridine rings is 1. The van der Waals surface area contributed by atoms with Crippen molar-refractivity contribution in [3.05, 3.63) is 64.8 Å². The van der Waals surface area contributed by atoms with Crippen molar-refractivity contribution in [1.29, 1.82) is 0 Å². The number of aromatic nitrogens is 3. The lowest BCUT2D eigenvalue weighted by atomic mass is 9.99. The first-order valence-corrected chi connectivity index (χ1v) is 9.99. The number of hydrogen-bond acceptors (Lipinski definition) is 6. The third-order valence-electron chi connectivity index (χ3n) is 4.79. The smallest absolute Gasteiger partial charge is 0.319 e. The lowest BCUT2D eigenvalue weighted by Gasteiger charge is -2.20. The Morgan fingerprint density at radius 3 is 2.69 bits per heavy atom. The van der Waals surface area contributed by atoms with Gasteiger partial charge in [-0.3, -0.25) is 14.3 Å². The zero-order chi connectivity index (χ0) is 23.3. The van der Waals surface area contributed by atoms with Gasteiger partial charge in [-0.25, -0.2) is 4.79 Å². The van der Waals surface area contributed by atoms with Crippen LogP contribution in [0, 0.1) is 0 Å². The van der Waals surface area contributed by atoms with E-state index in [0.29, 0.717) is 5.56 Å². The third-order valence-corrected chi connectivity index (χ3v) is 4.79. The standard InChI is InChI=1S/C22H25N5O5/c1-4-32-19(29)11-17(15-7-5-6-14(10-15)16-12-23-27(3)13-16)24-22(31)25-20-18(28)8-9-26(2)21(20)30/h5-10,12-13,17,28H,4,11H2,1-3H3,(H2,24,25,31)/t17-/m0/s1. The number of amides is 2. The zero-order valence-electron chi connectivity index (χ0n) is 18.0. The van der Waals surface area contributed by atoms with Crippen molar-refractivity contribution < 1.29 is 19.4 Å². The number of hydrogen-bond donors (Lipinski definition) is 3. The molecule has 10 nitrogen and oxygen atoms in total. The summed E-state index contributed by atoms with van der Waals surface area (Å²) < 4.78 is 7.95. The van der Waals surface area contributed by atoms with Gasteiger partial charge in [-0.1, -0.05) is 18.2 Å². The number of aryl methyl sites for hydroxylation is 2. The molecule has 168 valence electrons. The van der Waals surface area contributed by atoms with Crippen molar-refractivity contribution in [3.8, 4) is 16.9 Å². The zero-order valence-corrected chi connectivity index (χ0v) is 18.0. The first-order chi connectivity index (χ1) is 15.3. The van der Waals surface area contributed by atoms with Gasteiger partial charge in [0.1, 0.15) is 5.75 Å². The van der Waals surface area contributed by atoms with Gasteiger partial charge in [0.15, 0.2) is 5.69 Å². The van der Waals surface area contributed by atoms with Crippen molar-refractivity contribution in [3.63, 3.8) is 0 Å². The lowest BCUT2D eigenvalue weighted by Crippen LogP contribution is -2.36. The van der Waals surface area contributed by atoms with Crippen molar-refractivity contribution in [2.24, 2.45) is 14.1 Å². The number of rotatable bonds is 7. The molecule has 3 rings (SSSR count). The second-order valence-corrected chi connectivity index (χ2v) is 7.18. The first kappa shape index (κ1) is 22.6. The predicted molar refractivity (Wildman–Crippen MR) is 118 cm³/mol. The fourth-order valence-electron chi connectivity index (χ4n) is 3.19. The van der Waals surface area contributed by atoms with E-state index < -0.39 is 23.6 Å². The molecule has 10 heteroatoms. The van der Waals surface area contributed by atoms with Crippen LogP contribution in [-0.4, -0.2) is 38.1 Å². The number of urea groups is 1. The van der Waals surface area contributed by atoms with Crippen LogP contribution in [0.4, 0.5) is 10.5 Å². The maximum Gasteiger partial charge on any atom is 0.319 e. The SMILES string of the molecule is CCOC(=O)C[C@H](NC(=O)Nc1c(O)ccn(C)c1=O)c1cccc(-c2cnn(C)c2)c1. The quantitative estimate of drug-likeness (QED) is 0.485. The molecule has 0 saturated heterocycles. The van der Waals surface area contributed by atoms with Crippen LogP contribution in [0.15, 0.2) is 53.7 Å². The molecule has 2 aromatic heterocycles. The molecule has 1 aromatic carbocycles. The number of nitrogens with one attached hydrogen (secondary N) is 2. The average Bonchev–Trinajstić information content (AvgIpc) is 3.20. The van der Waals surface area contributed by atoms with Crippen LogP contribution >= 0.6 is 0 Å². The lowest BCUT2D eigenvalue weighted by molar-refractivity contribution is -0.143. The Labute approximate surface area is 184 Å². The van der Waals surface area contributed by atoms with Crippen LogP contribution in [0.25, 0.3) is 11.1 Å². The van der Waals surface area contributed by atoms with E-state index in [4.69, 9.17) is 4.74 Å². The molecular weight excluding hydrogens is 414 g/mol. The molecule has 0 fully saturated rings. The van der Waals surface area contributed by atoms with Crippen molar-refractivity contribution in [1.82, 2.24) is 19.7 Å². The fourth-order valence-corrected chi connectivity index (χ4v) is 3.19. The Kier molecular flexibility index (Phi) is 6.93. The molecule has 0 spiro atoms. The van der Waals surface area contributed by atoms with Gasteiger partial charge in [0.2, 0.25) is 0 Å². The molecular formula is C22H25N5O5. The highest BCUT2D eigenvalue weighted by Crippen LogP contribution is 2.25. The normalized spacial score (nSPS) is 11.6. The number of carbonyl (C=O) groups is 2. The summed E-state index contributed by atoms with van der Waals surface area (Å²) in [7, 11) is 3.31. The summed E-state index contributed by atoms with van der Waals surface area (Å²) in [6, 6.07) is 7.15. The molecule has 1 atom stereocenters.